The van der Waals surface area contributed by atoms with Gasteiger partial charge in [-0.2, -0.15) is 0 Å². The van der Waals surface area contributed by atoms with Crippen LogP contribution in [-0.4, -0.2) is 55.5 Å². The lowest BCUT2D eigenvalue weighted by molar-refractivity contribution is -0.118. The van der Waals surface area contributed by atoms with E-state index in [4.69, 9.17) is 10.5 Å². The maximum Gasteiger partial charge on any atom is 0.415 e. The Morgan fingerprint density at radius 1 is 1.15 bits per heavy atom. The van der Waals surface area contributed by atoms with Crippen molar-refractivity contribution in [3.8, 4) is 5.75 Å². The molecule has 0 radical (unpaired) electrons. The number of carbonyl (C=O) groups is 2. The number of para-hydroxylation sites is 1. The summed E-state index contributed by atoms with van der Waals surface area (Å²) in [5.74, 6) is -0.112. The lowest BCUT2D eigenvalue weighted by Gasteiger charge is -2.21. The van der Waals surface area contributed by atoms with E-state index < -0.39 is 12.0 Å². The molecule has 0 aliphatic rings. The van der Waals surface area contributed by atoms with Gasteiger partial charge in [-0.15, -0.1) is 0 Å². The van der Waals surface area contributed by atoms with E-state index in [0.717, 1.165) is 13.0 Å². The van der Waals surface area contributed by atoms with Crippen LogP contribution in [0.4, 0.5) is 4.79 Å². The Kier molecular flexibility index (Phi) is 6.52. The Balaban J connectivity index is 2.57. The van der Waals surface area contributed by atoms with E-state index in [-0.39, 0.29) is 6.54 Å². The number of hydrogen-bond donors (Lipinski definition) is 1. The van der Waals surface area contributed by atoms with Crippen molar-refractivity contribution < 1.29 is 14.3 Å². The SMILES string of the molecule is CN(C)CCCN(CC(N)=O)C(=O)Oc1ccccc1. The van der Waals surface area contributed by atoms with Crippen molar-refractivity contribution in [1.29, 1.82) is 0 Å². The van der Waals surface area contributed by atoms with E-state index in [2.05, 4.69) is 0 Å². The summed E-state index contributed by atoms with van der Waals surface area (Å²) in [5.41, 5.74) is 5.16. The highest BCUT2D eigenvalue weighted by Crippen LogP contribution is 2.10. The Bertz CT molecular complexity index is 435. The number of amides is 2. The van der Waals surface area contributed by atoms with Gasteiger partial charge in [0.05, 0.1) is 0 Å². The minimum Gasteiger partial charge on any atom is -0.410 e. The van der Waals surface area contributed by atoms with Crippen LogP contribution in [-0.2, 0) is 4.79 Å². The van der Waals surface area contributed by atoms with Gasteiger partial charge in [-0.25, -0.2) is 4.79 Å². The number of carbonyl (C=O) groups excluding carboxylic acids is 2. The molecule has 0 fully saturated rings. The molecule has 0 aromatic heterocycles. The summed E-state index contributed by atoms with van der Waals surface area (Å²) in [6, 6.07) is 8.73. The molecule has 0 aliphatic carbocycles. The molecule has 110 valence electrons. The van der Waals surface area contributed by atoms with Gasteiger partial charge in [0.2, 0.25) is 5.91 Å². The molecule has 0 spiro atoms. The number of nitrogens with two attached hydrogens (primary N) is 1. The Hall–Kier alpha value is -2.08. The topological polar surface area (TPSA) is 75.9 Å². The Morgan fingerprint density at radius 3 is 2.35 bits per heavy atom. The van der Waals surface area contributed by atoms with Crippen LogP contribution >= 0.6 is 0 Å². The monoisotopic (exact) mass is 279 g/mol. The van der Waals surface area contributed by atoms with Crippen LogP contribution < -0.4 is 10.5 Å². The standard InChI is InChI=1S/C14H21N3O3/c1-16(2)9-6-10-17(11-13(15)18)14(19)20-12-7-4-3-5-8-12/h3-5,7-8H,6,9-11H2,1-2H3,(H2,15,18). The first kappa shape index (κ1) is 16.0. The van der Waals surface area contributed by atoms with Crippen LogP contribution in [0.25, 0.3) is 0 Å². The molecule has 1 aromatic rings. The van der Waals surface area contributed by atoms with Crippen molar-refractivity contribution in [2.75, 3.05) is 33.7 Å². The molecule has 0 atom stereocenters. The van der Waals surface area contributed by atoms with Crippen molar-refractivity contribution in [3.05, 3.63) is 30.3 Å². The first-order chi connectivity index (χ1) is 9.49. The van der Waals surface area contributed by atoms with Gasteiger partial charge in [0, 0.05) is 6.54 Å². The summed E-state index contributed by atoms with van der Waals surface area (Å²) in [4.78, 5) is 26.4. The van der Waals surface area contributed by atoms with Crippen LogP contribution in [0.2, 0.25) is 0 Å². The summed E-state index contributed by atoms with van der Waals surface area (Å²) in [7, 11) is 3.89. The lowest BCUT2D eigenvalue weighted by atomic mass is 10.3. The molecule has 2 amide bonds. The van der Waals surface area contributed by atoms with Crippen LogP contribution in [0.1, 0.15) is 6.42 Å². The molecule has 1 rings (SSSR count). The lowest BCUT2D eigenvalue weighted by Crippen LogP contribution is -2.41. The zero-order valence-corrected chi connectivity index (χ0v) is 11.9. The van der Waals surface area contributed by atoms with Gasteiger partial charge >= 0.3 is 6.09 Å². The van der Waals surface area contributed by atoms with Crippen LogP contribution in [0.5, 0.6) is 5.75 Å². The molecule has 0 saturated heterocycles. The van der Waals surface area contributed by atoms with E-state index in [1.54, 1.807) is 24.3 Å². The maximum atomic E-state index is 12.0. The minimum atomic E-state index is -0.561. The van der Waals surface area contributed by atoms with Crippen LogP contribution in [0, 0.1) is 0 Å². The van der Waals surface area contributed by atoms with Crippen molar-refractivity contribution in [1.82, 2.24) is 9.80 Å². The average Bonchev–Trinajstić information content (AvgIpc) is 2.37. The van der Waals surface area contributed by atoms with Gasteiger partial charge < -0.3 is 15.4 Å². The normalized spacial score (nSPS) is 10.3. The van der Waals surface area contributed by atoms with Gasteiger partial charge in [-0.3, -0.25) is 9.69 Å². The second kappa shape index (κ2) is 8.16. The molecule has 0 saturated carbocycles. The fraction of sp³-hybridized carbons (Fsp3) is 0.429. The third-order valence-electron chi connectivity index (χ3n) is 2.59. The van der Waals surface area contributed by atoms with Crippen molar-refractivity contribution in [3.63, 3.8) is 0 Å². The molecule has 6 heteroatoms. The summed E-state index contributed by atoms with van der Waals surface area (Å²) < 4.78 is 5.20. The first-order valence-corrected chi connectivity index (χ1v) is 6.44. The molecule has 1 aromatic carbocycles. The summed E-state index contributed by atoms with van der Waals surface area (Å²) in [6.07, 6.45) is 0.179. The van der Waals surface area contributed by atoms with Gasteiger partial charge in [0.25, 0.3) is 0 Å². The van der Waals surface area contributed by atoms with Gasteiger partial charge in [-0.1, -0.05) is 18.2 Å². The molecule has 0 aliphatic heterocycles. The van der Waals surface area contributed by atoms with Crippen molar-refractivity contribution >= 4 is 12.0 Å². The van der Waals surface area contributed by atoms with Crippen LogP contribution in [0.3, 0.4) is 0 Å². The Labute approximate surface area is 119 Å². The van der Waals surface area contributed by atoms with E-state index in [9.17, 15) is 9.59 Å². The van der Waals surface area contributed by atoms with E-state index in [1.165, 1.54) is 4.90 Å². The van der Waals surface area contributed by atoms with E-state index in [0.29, 0.717) is 12.3 Å². The smallest absolute Gasteiger partial charge is 0.410 e. The molecular formula is C14H21N3O3. The number of benzene rings is 1. The predicted molar refractivity (Wildman–Crippen MR) is 76.4 cm³/mol. The molecule has 6 nitrogen and oxygen atoms in total. The molecule has 2 N–H and O–H groups in total. The second-order valence-electron chi connectivity index (χ2n) is 4.73. The summed E-state index contributed by atoms with van der Waals surface area (Å²) in [5, 5.41) is 0. The molecule has 0 heterocycles. The maximum absolute atomic E-state index is 12.0. The molecule has 0 bridgehead atoms. The van der Waals surface area contributed by atoms with Gasteiger partial charge in [-0.05, 0) is 39.2 Å². The molecule has 0 unspecified atom stereocenters. The fourth-order valence-electron chi connectivity index (χ4n) is 1.65. The van der Waals surface area contributed by atoms with E-state index >= 15 is 0 Å². The van der Waals surface area contributed by atoms with E-state index in [1.807, 2.05) is 25.1 Å². The third-order valence-corrected chi connectivity index (χ3v) is 2.59. The molecule has 20 heavy (non-hydrogen) atoms. The average molecular weight is 279 g/mol. The number of ether oxygens (including phenoxy) is 1. The highest BCUT2D eigenvalue weighted by molar-refractivity contribution is 5.81. The zero-order valence-electron chi connectivity index (χ0n) is 11.9. The Morgan fingerprint density at radius 2 is 1.80 bits per heavy atom. The zero-order chi connectivity index (χ0) is 15.0. The highest BCUT2D eigenvalue weighted by atomic mass is 16.6. The summed E-state index contributed by atoms with van der Waals surface area (Å²) in [6.45, 7) is 1.10. The second-order valence-corrected chi connectivity index (χ2v) is 4.73. The number of hydrogen-bond acceptors (Lipinski definition) is 4. The van der Waals surface area contributed by atoms with Crippen molar-refractivity contribution in [2.45, 2.75) is 6.42 Å². The highest BCUT2D eigenvalue weighted by Gasteiger charge is 2.17. The number of rotatable bonds is 7. The molecular weight excluding hydrogens is 258 g/mol. The van der Waals surface area contributed by atoms with Crippen LogP contribution in [0.15, 0.2) is 30.3 Å². The first-order valence-electron chi connectivity index (χ1n) is 6.44. The fourth-order valence-corrected chi connectivity index (χ4v) is 1.65. The van der Waals surface area contributed by atoms with Gasteiger partial charge in [0.1, 0.15) is 12.3 Å². The predicted octanol–water partition coefficient (Wildman–Crippen LogP) is 0.924. The number of primary amides is 1. The summed E-state index contributed by atoms with van der Waals surface area (Å²) >= 11 is 0. The quantitative estimate of drug-likeness (QED) is 0.805. The third kappa shape index (κ3) is 6.19. The minimum absolute atomic E-state index is 0.140. The van der Waals surface area contributed by atoms with Crippen molar-refractivity contribution in [2.24, 2.45) is 5.73 Å². The van der Waals surface area contributed by atoms with Gasteiger partial charge in [0.15, 0.2) is 0 Å². The number of nitrogens with zero attached hydrogens (tertiary/aromatic N) is 2. The largest absolute Gasteiger partial charge is 0.415 e.